The molecule has 0 amide bonds. The number of likely N-dealkylation sites (tertiary alicyclic amines) is 1. The first kappa shape index (κ1) is 11.4. The molecule has 0 aliphatic carbocycles. The van der Waals surface area contributed by atoms with Crippen molar-refractivity contribution in [2.24, 2.45) is 0 Å². The molecule has 0 N–H and O–H groups in total. The maximum absolute atomic E-state index is 2.57. The van der Waals surface area contributed by atoms with Gasteiger partial charge in [-0.15, -0.1) is 0 Å². The molecule has 1 aliphatic heterocycles. The zero-order valence-corrected chi connectivity index (χ0v) is 10.1. The quantitative estimate of drug-likeness (QED) is 0.745. The molecule has 0 spiro atoms. The fraction of sp³-hybridized carbons (Fsp3) is 0.467. The highest BCUT2D eigenvalue weighted by molar-refractivity contribution is 5.49. The molecule has 0 bridgehead atoms. The van der Waals surface area contributed by atoms with Crippen LogP contribution < -0.4 is 0 Å². The van der Waals surface area contributed by atoms with E-state index >= 15 is 0 Å². The topological polar surface area (TPSA) is 3.24 Å². The molecule has 1 fully saturated rings. The Morgan fingerprint density at radius 1 is 1.06 bits per heavy atom. The van der Waals surface area contributed by atoms with Gasteiger partial charge in [0.25, 0.3) is 0 Å². The fourth-order valence-electron chi connectivity index (χ4n) is 2.26. The number of benzene rings is 1. The van der Waals surface area contributed by atoms with Crippen LogP contribution in [0.3, 0.4) is 0 Å². The molecule has 1 heteroatoms. The van der Waals surface area contributed by atoms with Crippen molar-refractivity contribution in [1.82, 2.24) is 4.90 Å². The van der Waals surface area contributed by atoms with Crippen LogP contribution in [0.1, 0.15) is 31.7 Å². The largest absolute Gasteiger partial charge is 0.297 e. The summed E-state index contributed by atoms with van der Waals surface area (Å²) in [5.74, 6) is 0. The SMILES string of the molecule is CC(C=Cc1ccccc1)N1CCCCC1. The summed E-state index contributed by atoms with van der Waals surface area (Å²) in [5.41, 5.74) is 1.30. The van der Waals surface area contributed by atoms with E-state index in [2.05, 4.69) is 54.3 Å². The summed E-state index contributed by atoms with van der Waals surface area (Å²) in [6.45, 7) is 4.82. The second kappa shape index (κ2) is 5.86. The van der Waals surface area contributed by atoms with Crippen molar-refractivity contribution < 1.29 is 0 Å². The number of piperidine rings is 1. The van der Waals surface area contributed by atoms with Gasteiger partial charge in [0.1, 0.15) is 0 Å². The second-order valence-electron chi connectivity index (χ2n) is 4.61. The highest BCUT2D eigenvalue weighted by Crippen LogP contribution is 2.13. The molecule has 0 saturated carbocycles. The van der Waals surface area contributed by atoms with Crippen LogP contribution in [0.15, 0.2) is 36.4 Å². The Morgan fingerprint density at radius 2 is 1.75 bits per heavy atom. The molecule has 1 aromatic carbocycles. The van der Waals surface area contributed by atoms with Gasteiger partial charge in [-0.3, -0.25) is 4.90 Å². The highest BCUT2D eigenvalue weighted by Gasteiger charge is 2.13. The zero-order valence-electron chi connectivity index (χ0n) is 10.1. The van der Waals surface area contributed by atoms with Gasteiger partial charge in [-0.1, -0.05) is 48.9 Å². The third-order valence-corrected chi connectivity index (χ3v) is 3.33. The molecule has 2 rings (SSSR count). The lowest BCUT2D eigenvalue weighted by Gasteiger charge is -2.30. The van der Waals surface area contributed by atoms with Crippen LogP contribution in [0.5, 0.6) is 0 Å². The molecule has 86 valence electrons. The molecular weight excluding hydrogens is 194 g/mol. The van der Waals surface area contributed by atoms with E-state index in [1.165, 1.54) is 37.9 Å². The summed E-state index contributed by atoms with van der Waals surface area (Å²) >= 11 is 0. The van der Waals surface area contributed by atoms with Crippen LogP contribution in [0.4, 0.5) is 0 Å². The molecule has 1 aromatic rings. The minimum atomic E-state index is 0.570. The van der Waals surface area contributed by atoms with E-state index in [9.17, 15) is 0 Å². The van der Waals surface area contributed by atoms with Crippen molar-refractivity contribution in [1.29, 1.82) is 0 Å². The first-order valence-electron chi connectivity index (χ1n) is 6.33. The third kappa shape index (κ3) is 3.21. The van der Waals surface area contributed by atoms with Crippen LogP contribution in [0, 0.1) is 0 Å². The van der Waals surface area contributed by atoms with Gasteiger partial charge in [0.2, 0.25) is 0 Å². The number of hydrogen-bond donors (Lipinski definition) is 0. The van der Waals surface area contributed by atoms with Gasteiger partial charge in [-0.05, 0) is 38.4 Å². The van der Waals surface area contributed by atoms with Gasteiger partial charge in [0.15, 0.2) is 0 Å². The number of rotatable bonds is 3. The predicted molar refractivity (Wildman–Crippen MR) is 70.4 cm³/mol. The third-order valence-electron chi connectivity index (χ3n) is 3.33. The lowest BCUT2D eigenvalue weighted by Crippen LogP contribution is -2.36. The molecule has 1 heterocycles. The van der Waals surface area contributed by atoms with E-state index < -0.39 is 0 Å². The van der Waals surface area contributed by atoms with Gasteiger partial charge in [0.05, 0.1) is 0 Å². The smallest absolute Gasteiger partial charge is 0.0253 e. The van der Waals surface area contributed by atoms with Crippen molar-refractivity contribution in [3.63, 3.8) is 0 Å². The van der Waals surface area contributed by atoms with E-state index in [4.69, 9.17) is 0 Å². The molecule has 0 radical (unpaired) electrons. The Balaban J connectivity index is 1.91. The van der Waals surface area contributed by atoms with Crippen molar-refractivity contribution in [2.45, 2.75) is 32.2 Å². The van der Waals surface area contributed by atoms with E-state index in [1.54, 1.807) is 0 Å². The lowest BCUT2D eigenvalue weighted by atomic mass is 10.1. The molecule has 1 unspecified atom stereocenters. The molecule has 1 atom stereocenters. The Kier molecular flexibility index (Phi) is 4.17. The number of hydrogen-bond acceptors (Lipinski definition) is 1. The minimum Gasteiger partial charge on any atom is -0.297 e. The Hall–Kier alpha value is -1.08. The summed E-state index contributed by atoms with van der Waals surface area (Å²) in [4.78, 5) is 2.57. The molecule has 1 nitrogen and oxygen atoms in total. The molecule has 0 aromatic heterocycles. The number of nitrogens with zero attached hydrogens (tertiary/aromatic N) is 1. The van der Waals surface area contributed by atoms with Crippen LogP contribution in [0.2, 0.25) is 0 Å². The summed E-state index contributed by atoms with van der Waals surface area (Å²) in [6, 6.07) is 11.1. The molecule has 1 saturated heterocycles. The average Bonchev–Trinajstić information content (AvgIpc) is 2.38. The first-order chi connectivity index (χ1) is 7.86. The van der Waals surface area contributed by atoms with Crippen molar-refractivity contribution in [3.05, 3.63) is 42.0 Å². The van der Waals surface area contributed by atoms with E-state index in [1.807, 2.05) is 0 Å². The van der Waals surface area contributed by atoms with Crippen LogP contribution in [-0.4, -0.2) is 24.0 Å². The van der Waals surface area contributed by atoms with E-state index in [0.29, 0.717) is 6.04 Å². The van der Waals surface area contributed by atoms with Crippen LogP contribution in [0.25, 0.3) is 6.08 Å². The van der Waals surface area contributed by atoms with Gasteiger partial charge < -0.3 is 0 Å². The van der Waals surface area contributed by atoms with Gasteiger partial charge in [-0.25, -0.2) is 0 Å². The standard InChI is InChI=1S/C15H21N/c1-14(16-12-6-3-7-13-16)10-11-15-8-4-2-5-9-15/h2,4-5,8-11,14H,3,6-7,12-13H2,1H3. The predicted octanol–water partition coefficient (Wildman–Crippen LogP) is 3.57. The fourth-order valence-corrected chi connectivity index (χ4v) is 2.26. The minimum absolute atomic E-state index is 0.570. The molecular formula is C15H21N. The maximum Gasteiger partial charge on any atom is 0.0253 e. The second-order valence-corrected chi connectivity index (χ2v) is 4.61. The average molecular weight is 215 g/mol. The van der Waals surface area contributed by atoms with Crippen molar-refractivity contribution >= 4 is 6.08 Å². The summed E-state index contributed by atoms with van der Waals surface area (Å²) in [5, 5.41) is 0. The molecule has 1 aliphatic rings. The summed E-state index contributed by atoms with van der Waals surface area (Å²) < 4.78 is 0. The van der Waals surface area contributed by atoms with E-state index in [-0.39, 0.29) is 0 Å². The first-order valence-corrected chi connectivity index (χ1v) is 6.33. The van der Waals surface area contributed by atoms with Crippen LogP contribution in [-0.2, 0) is 0 Å². The van der Waals surface area contributed by atoms with Gasteiger partial charge in [0, 0.05) is 6.04 Å². The lowest BCUT2D eigenvalue weighted by molar-refractivity contribution is 0.201. The Bertz CT molecular complexity index is 323. The van der Waals surface area contributed by atoms with Crippen LogP contribution >= 0.6 is 0 Å². The zero-order chi connectivity index (χ0) is 11.2. The van der Waals surface area contributed by atoms with E-state index in [0.717, 1.165) is 0 Å². The monoisotopic (exact) mass is 215 g/mol. The summed E-state index contributed by atoms with van der Waals surface area (Å²) in [6.07, 6.45) is 8.69. The Morgan fingerprint density at radius 3 is 2.44 bits per heavy atom. The normalized spacial score (nSPS) is 20.1. The molecule has 16 heavy (non-hydrogen) atoms. The Labute approximate surface area is 98.8 Å². The van der Waals surface area contributed by atoms with Crippen molar-refractivity contribution in [2.75, 3.05) is 13.1 Å². The van der Waals surface area contributed by atoms with Gasteiger partial charge >= 0.3 is 0 Å². The highest BCUT2D eigenvalue weighted by atomic mass is 15.1. The van der Waals surface area contributed by atoms with Crippen molar-refractivity contribution in [3.8, 4) is 0 Å². The summed E-state index contributed by atoms with van der Waals surface area (Å²) in [7, 11) is 0. The van der Waals surface area contributed by atoms with Gasteiger partial charge in [-0.2, -0.15) is 0 Å². The maximum atomic E-state index is 2.57.